The van der Waals surface area contributed by atoms with Crippen LogP contribution >= 0.6 is 0 Å². The summed E-state index contributed by atoms with van der Waals surface area (Å²) in [7, 11) is 0. The Morgan fingerprint density at radius 3 is 1.76 bits per heavy atom. The van der Waals surface area contributed by atoms with Gasteiger partial charge in [-0.05, 0) is 70.8 Å². The summed E-state index contributed by atoms with van der Waals surface area (Å²) in [6.07, 6.45) is -4.53. The van der Waals surface area contributed by atoms with E-state index >= 15 is 0 Å². The van der Waals surface area contributed by atoms with E-state index in [4.69, 9.17) is 15.0 Å². The number of hydrogen-bond donors (Lipinski definition) is 0. The number of halogens is 3. The predicted octanol–water partition coefficient (Wildman–Crippen LogP) is 12.2. The molecule has 0 amide bonds. The van der Waals surface area contributed by atoms with Crippen molar-refractivity contribution in [2.24, 2.45) is 0 Å². The third kappa shape index (κ3) is 6.18. The molecule has 0 radical (unpaired) electrons. The first kappa shape index (κ1) is 33.5. The summed E-state index contributed by atoms with van der Waals surface area (Å²) in [5.74, 6) is 1.19. The summed E-state index contributed by atoms with van der Waals surface area (Å²) in [6.45, 7) is 0. The molecule has 55 heavy (non-hydrogen) atoms. The number of fused-ring (bicyclic) bond motifs is 3. The van der Waals surface area contributed by atoms with Crippen molar-refractivity contribution in [3.8, 4) is 68.2 Å². The largest absolute Gasteiger partial charge is 0.416 e. The topological polar surface area (TPSA) is 67.4 Å². The first-order valence-electron chi connectivity index (χ1n) is 17.6. The van der Waals surface area contributed by atoms with Gasteiger partial charge in [-0.1, -0.05) is 121 Å². The highest BCUT2D eigenvalue weighted by Gasteiger charge is 2.31. The van der Waals surface area contributed by atoms with Gasteiger partial charge in [-0.3, -0.25) is 0 Å². The molecule has 0 bridgehead atoms. The van der Waals surface area contributed by atoms with Gasteiger partial charge in [0.1, 0.15) is 0 Å². The molecule has 0 fully saturated rings. The summed E-state index contributed by atoms with van der Waals surface area (Å²) in [4.78, 5) is 14.8. The Labute approximate surface area is 314 Å². The van der Waals surface area contributed by atoms with Gasteiger partial charge in [0, 0.05) is 33.2 Å². The number of nitriles is 1. The Balaban J connectivity index is 1.31. The first-order valence-corrected chi connectivity index (χ1v) is 17.6. The zero-order valence-electron chi connectivity index (χ0n) is 29.0. The summed E-state index contributed by atoms with van der Waals surface area (Å²) in [6, 6.07) is 54.2. The molecule has 5 nitrogen and oxygen atoms in total. The maximum atomic E-state index is 14.1. The molecule has 0 saturated carbocycles. The van der Waals surface area contributed by atoms with Gasteiger partial charge >= 0.3 is 6.18 Å². The van der Waals surface area contributed by atoms with Crippen LogP contribution in [0.15, 0.2) is 170 Å². The highest BCUT2D eigenvalue weighted by molar-refractivity contribution is 6.10. The lowest BCUT2D eigenvalue weighted by Crippen LogP contribution is -2.05. The van der Waals surface area contributed by atoms with E-state index in [1.807, 2.05) is 133 Å². The Morgan fingerprint density at radius 2 is 1.05 bits per heavy atom. The van der Waals surface area contributed by atoms with E-state index in [1.54, 1.807) is 6.07 Å². The smallest absolute Gasteiger partial charge is 0.309 e. The van der Waals surface area contributed by atoms with Crippen molar-refractivity contribution in [3.05, 3.63) is 181 Å². The molecule has 9 aromatic rings. The van der Waals surface area contributed by atoms with Crippen LogP contribution in [0.2, 0.25) is 0 Å². The summed E-state index contributed by atoms with van der Waals surface area (Å²) >= 11 is 0. The standard InChI is InChI=1S/C47H28F3N5/c48-47(49,50)35-18-11-17-32(26-35)38-24-23-36(28-41(38)46-53-44(30-12-3-1-4-13-30)52-45(54-46)31-14-5-2-6-15-31)55-42-21-10-9-20-39(42)40-27-33(22-25-43(40)55)37-19-8-7-16-34(37)29-51/h1-28H. The lowest BCUT2D eigenvalue weighted by atomic mass is 9.96. The van der Waals surface area contributed by atoms with Gasteiger partial charge in [0.25, 0.3) is 0 Å². The number of nitrogens with zero attached hydrogens (tertiary/aromatic N) is 5. The van der Waals surface area contributed by atoms with Gasteiger partial charge in [0.15, 0.2) is 17.5 Å². The Hall–Kier alpha value is -7.37. The molecular weight excluding hydrogens is 692 g/mol. The van der Waals surface area contributed by atoms with Crippen LogP contribution in [0.25, 0.3) is 83.9 Å². The number of hydrogen-bond acceptors (Lipinski definition) is 4. The second-order valence-corrected chi connectivity index (χ2v) is 13.1. The van der Waals surface area contributed by atoms with Crippen molar-refractivity contribution in [1.29, 1.82) is 5.26 Å². The van der Waals surface area contributed by atoms with Gasteiger partial charge in [0.2, 0.25) is 0 Å². The molecule has 0 spiro atoms. The Morgan fingerprint density at radius 1 is 0.455 bits per heavy atom. The lowest BCUT2D eigenvalue weighted by molar-refractivity contribution is -0.137. The molecule has 0 atom stereocenters. The van der Waals surface area contributed by atoms with E-state index in [0.717, 1.165) is 61.9 Å². The van der Waals surface area contributed by atoms with Crippen molar-refractivity contribution in [3.63, 3.8) is 0 Å². The molecule has 7 aromatic carbocycles. The van der Waals surface area contributed by atoms with Crippen LogP contribution in [0, 0.1) is 11.3 Å². The minimum atomic E-state index is -4.53. The van der Waals surface area contributed by atoms with Crippen molar-refractivity contribution in [1.82, 2.24) is 19.5 Å². The van der Waals surface area contributed by atoms with Gasteiger partial charge in [-0.2, -0.15) is 18.4 Å². The van der Waals surface area contributed by atoms with Crippen LogP contribution in [0.5, 0.6) is 0 Å². The van der Waals surface area contributed by atoms with E-state index in [9.17, 15) is 18.4 Å². The molecule has 0 N–H and O–H groups in total. The molecule has 0 aliphatic carbocycles. The van der Waals surface area contributed by atoms with Gasteiger partial charge in [-0.25, -0.2) is 15.0 Å². The van der Waals surface area contributed by atoms with E-state index in [1.165, 1.54) is 6.07 Å². The average Bonchev–Trinajstić information content (AvgIpc) is 3.57. The van der Waals surface area contributed by atoms with Crippen molar-refractivity contribution >= 4 is 21.8 Å². The van der Waals surface area contributed by atoms with Crippen LogP contribution in [-0.4, -0.2) is 19.5 Å². The highest BCUT2D eigenvalue weighted by Crippen LogP contribution is 2.40. The van der Waals surface area contributed by atoms with Crippen LogP contribution in [0.4, 0.5) is 13.2 Å². The predicted molar refractivity (Wildman–Crippen MR) is 211 cm³/mol. The van der Waals surface area contributed by atoms with Crippen LogP contribution in [-0.2, 0) is 6.18 Å². The quantitative estimate of drug-likeness (QED) is 0.172. The van der Waals surface area contributed by atoms with Crippen molar-refractivity contribution in [2.75, 3.05) is 0 Å². The minimum Gasteiger partial charge on any atom is -0.309 e. The van der Waals surface area contributed by atoms with Crippen LogP contribution < -0.4 is 0 Å². The van der Waals surface area contributed by atoms with Gasteiger partial charge < -0.3 is 4.57 Å². The van der Waals surface area contributed by atoms with Crippen LogP contribution in [0.1, 0.15) is 11.1 Å². The van der Waals surface area contributed by atoms with E-state index in [2.05, 4.69) is 22.8 Å². The fourth-order valence-electron chi connectivity index (χ4n) is 7.15. The third-order valence-electron chi connectivity index (χ3n) is 9.73. The SMILES string of the molecule is N#Cc1ccccc1-c1ccc2c(c1)c1ccccc1n2-c1ccc(-c2cccc(C(F)(F)F)c2)c(-c2nc(-c3ccccc3)nc(-c3ccccc3)n2)c1. The molecule has 0 saturated heterocycles. The van der Waals surface area contributed by atoms with Crippen molar-refractivity contribution in [2.45, 2.75) is 6.18 Å². The minimum absolute atomic E-state index is 0.318. The Bertz CT molecular complexity index is 2870. The normalized spacial score (nSPS) is 11.5. The summed E-state index contributed by atoms with van der Waals surface area (Å²) < 4.78 is 44.3. The monoisotopic (exact) mass is 719 g/mol. The van der Waals surface area contributed by atoms with Gasteiger partial charge in [-0.15, -0.1) is 0 Å². The van der Waals surface area contributed by atoms with Gasteiger partial charge in [0.05, 0.1) is 28.2 Å². The Kier molecular flexibility index (Phi) is 8.25. The molecule has 8 heteroatoms. The first-order chi connectivity index (χ1) is 26.9. The number of benzene rings is 7. The molecule has 0 aliphatic rings. The molecule has 2 heterocycles. The number of rotatable bonds is 6. The molecule has 0 aliphatic heterocycles. The van der Waals surface area contributed by atoms with E-state index < -0.39 is 11.7 Å². The molecule has 2 aromatic heterocycles. The number of alkyl halides is 3. The third-order valence-corrected chi connectivity index (χ3v) is 9.73. The summed E-state index contributed by atoms with van der Waals surface area (Å²) in [5, 5.41) is 11.8. The maximum absolute atomic E-state index is 14.1. The zero-order valence-corrected chi connectivity index (χ0v) is 29.0. The zero-order chi connectivity index (χ0) is 37.5. The second-order valence-electron chi connectivity index (χ2n) is 13.1. The fourth-order valence-corrected chi connectivity index (χ4v) is 7.15. The van der Waals surface area contributed by atoms with Crippen molar-refractivity contribution < 1.29 is 13.2 Å². The second kappa shape index (κ2) is 13.6. The molecule has 9 rings (SSSR count). The summed E-state index contributed by atoms with van der Waals surface area (Å²) in [5.41, 5.74) is 7.22. The maximum Gasteiger partial charge on any atom is 0.416 e. The lowest BCUT2D eigenvalue weighted by Gasteiger charge is -2.16. The average molecular weight is 720 g/mol. The van der Waals surface area contributed by atoms with E-state index in [-0.39, 0.29) is 0 Å². The molecule has 262 valence electrons. The highest BCUT2D eigenvalue weighted by atomic mass is 19.4. The fraction of sp³-hybridized carbons (Fsp3) is 0.0213. The van der Waals surface area contributed by atoms with E-state index in [0.29, 0.717) is 39.7 Å². The molecular formula is C47H28F3N5. The van der Waals surface area contributed by atoms with Crippen LogP contribution in [0.3, 0.4) is 0 Å². The number of aromatic nitrogens is 4. The number of para-hydroxylation sites is 1. The molecule has 0 unspecified atom stereocenters.